The molecule has 0 aromatic rings. The fraction of sp³-hybridized carbons (Fsp3) is 0.808. The van der Waals surface area contributed by atoms with E-state index in [1.54, 1.807) is 12.2 Å². The van der Waals surface area contributed by atoms with E-state index in [9.17, 15) is 20.1 Å². The molecular formula is C26H47NO6. The molecule has 1 aliphatic heterocycles. The van der Waals surface area contributed by atoms with Crippen molar-refractivity contribution in [3.63, 3.8) is 0 Å². The molecule has 0 saturated carbocycles. The average molecular weight is 470 g/mol. The molecule has 192 valence electrons. The minimum absolute atomic E-state index is 0.512. The summed E-state index contributed by atoms with van der Waals surface area (Å²) in [6.45, 7) is 1.72. The van der Waals surface area contributed by atoms with Crippen LogP contribution in [0.4, 0.5) is 0 Å². The lowest BCUT2D eigenvalue weighted by Crippen LogP contribution is -2.64. The second-order valence-electron chi connectivity index (χ2n) is 9.08. The van der Waals surface area contributed by atoms with Gasteiger partial charge < -0.3 is 30.5 Å². The first-order valence-corrected chi connectivity index (χ1v) is 13.0. The van der Waals surface area contributed by atoms with Crippen LogP contribution in [0.1, 0.15) is 96.8 Å². The molecular weight excluding hydrogens is 422 g/mol. The first kappa shape index (κ1) is 29.8. The minimum Gasteiger partial charge on any atom is -0.394 e. The highest BCUT2D eigenvalue weighted by atomic mass is 16.6. The minimum atomic E-state index is -1.51. The summed E-state index contributed by atoms with van der Waals surface area (Å²) in [5, 5.41) is 41.2. The molecule has 1 heterocycles. The molecule has 1 aliphatic rings. The third-order valence-electron chi connectivity index (χ3n) is 6.18. The number of ether oxygens (including phenoxy) is 1. The van der Waals surface area contributed by atoms with Gasteiger partial charge in [-0.05, 0) is 12.8 Å². The Morgan fingerprint density at radius 3 is 1.91 bits per heavy atom. The SMILES string of the molecule is CCCCCCCCCCCCCCCC=CC=CC(=O)N[C@H]1C(O)O[C@H](CO)[C@@H](O)[C@@H]1O. The summed E-state index contributed by atoms with van der Waals surface area (Å²) in [6.07, 6.45) is 19.6. The third kappa shape index (κ3) is 13.3. The van der Waals surface area contributed by atoms with E-state index in [0.717, 1.165) is 12.8 Å². The van der Waals surface area contributed by atoms with E-state index in [2.05, 4.69) is 12.2 Å². The zero-order valence-electron chi connectivity index (χ0n) is 20.4. The van der Waals surface area contributed by atoms with Crippen molar-refractivity contribution in [2.45, 2.75) is 127 Å². The summed E-state index contributed by atoms with van der Waals surface area (Å²) >= 11 is 0. The smallest absolute Gasteiger partial charge is 0.244 e. The lowest BCUT2D eigenvalue weighted by atomic mass is 9.97. The Morgan fingerprint density at radius 2 is 1.36 bits per heavy atom. The number of carbonyl (C=O) groups is 1. The van der Waals surface area contributed by atoms with Crippen molar-refractivity contribution in [2.24, 2.45) is 0 Å². The number of amides is 1. The summed E-state index contributed by atoms with van der Waals surface area (Å²) in [4.78, 5) is 12.0. The van der Waals surface area contributed by atoms with Gasteiger partial charge in [-0.2, -0.15) is 0 Å². The van der Waals surface area contributed by atoms with E-state index in [1.807, 2.05) is 6.08 Å². The lowest BCUT2D eigenvalue weighted by molar-refractivity contribution is -0.253. The third-order valence-corrected chi connectivity index (χ3v) is 6.18. The Bertz CT molecular complexity index is 553. The maximum atomic E-state index is 12.0. The van der Waals surface area contributed by atoms with Crippen LogP contribution in [-0.2, 0) is 9.53 Å². The second-order valence-corrected chi connectivity index (χ2v) is 9.08. The molecule has 0 radical (unpaired) electrons. The van der Waals surface area contributed by atoms with Crippen LogP contribution in [0.5, 0.6) is 0 Å². The Labute approximate surface area is 199 Å². The Kier molecular flexibility index (Phi) is 17.2. The van der Waals surface area contributed by atoms with Crippen LogP contribution in [-0.4, -0.2) is 63.6 Å². The van der Waals surface area contributed by atoms with Crippen LogP contribution in [0.2, 0.25) is 0 Å². The topological polar surface area (TPSA) is 119 Å². The van der Waals surface area contributed by atoms with Crippen molar-refractivity contribution in [3.05, 3.63) is 24.3 Å². The normalized spacial score (nSPS) is 25.8. The van der Waals surface area contributed by atoms with Gasteiger partial charge in [0.15, 0.2) is 6.29 Å². The van der Waals surface area contributed by atoms with Crippen LogP contribution in [0.25, 0.3) is 0 Å². The molecule has 1 unspecified atom stereocenters. The highest BCUT2D eigenvalue weighted by Crippen LogP contribution is 2.19. The zero-order chi connectivity index (χ0) is 24.3. The molecule has 1 rings (SSSR count). The van der Waals surface area contributed by atoms with Crippen LogP contribution in [0, 0.1) is 0 Å². The van der Waals surface area contributed by atoms with E-state index in [-0.39, 0.29) is 0 Å². The number of unbranched alkanes of at least 4 members (excludes halogenated alkanes) is 13. The number of hydrogen-bond acceptors (Lipinski definition) is 6. The predicted molar refractivity (Wildman–Crippen MR) is 131 cm³/mol. The molecule has 7 nitrogen and oxygen atoms in total. The molecule has 33 heavy (non-hydrogen) atoms. The summed E-state index contributed by atoms with van der Waals surface area (Å²) in [7, 11) is 0. The molecule has 1 fully saturated rings. The standard InChI is InChI=1S/C26H47NO6/c1-2-3-4-5-6-7-8-9-10-11-12-13-14-15-16-17-18-19-22(29)27-23-25(31)24(30)21(20-28)33-26(23)32/h16-19,21,23-26,28,30-32H,2-15,20H2,1H3,(H,27,29)/t21-,23-,24-,25-,26?/m1/s1. The van der Waals surface area contributed by atoms with Gasteiger partial charge in [0, 0.05) is 6.08 Å². The van der Waals surface area contributed by atoms with E-state index >= 15 is 0 Å². The number of rotatable bonds is 18. The molecule has 7 heteroatoms. The van der Waals surface area contributed by atoms with Gasteiger partial charge in [-0.3, -0.25) is 4.79 Å². The molecule has 0 bridgehead atoms. The lowest BCUT2D eigenvalue weighted by Gasteiger charge is -2.40. The molecule has 0 aromatic carbocycles. The van der Waals surface area contributed by atoms with Crippen LogP contribution in [0.3, 0.4) is 0 Å². The van der Waals surface area contributed by atoms with E-state index < -0.39 is 43.2 Å². The van der Waals surface area contributed by atoms with E-state index in [0.29, 0.717) is 0 Å². The number of aliphatic hydroxyl groups excluding tert-OH is 4. The Balaban J connectivity index is 2.02. The first-order chi connectivity index (χ1) is 16.0. The van der Waals surface area contributed by atoms with Crippen molar-refractivity contribution < 1.29 is 30.0 Å². The Hall–Kier alpha value is -1.25. The number of aliphatic hydroxyl groups is 4. The van der Waals surface area contributed by atoms with Crippen LogP contribution >= 0.6 is 0 Å². The fourth-order valence-electron chi connectivity index (χ4n) is 4.06. The quantitative estimate of drug-likeness (QED) is 0.119. The van der Waals surface area contributed by atoms with Gasteiger partial charge in [-0.15, -0.1) is 0 Å². The second kappa shape index (κ2) is 19.1. The summed E-state index contributed by atoms with van der Waals surface area (Å²) in [5.74, 6) is -0.512. The van der Waals surface area contributed by atoms with Crippen LogP contribution in [0.15, 0.2) is 24.3 Å². The van der Waals surface area contributed by atoms with Crippen molar-refractivity contribution in [2.75, 3.05) is 6.61 Å². The predicted octanol–water partition coefficient (Wildman–Crippen LogP) is 3.50. The Morgan fingerprint density at radius 1 is 0.818 bits per heavy atom. The number of carbonyl (C=O) groups excluding carboxylic acids is 1. The first-order valence-electron chi connectivity index (χ1n) is 13.0. The van der Waals surface area contributed by atoms with Gasteiger partial charge in [-0.25, -0.2) is 0 Å². The van der Waals surface area contributed by atoms with Gasteiger partial charge in [0.2, 0.25) is 5.91 Å². The van der Waals surface area contributed by atoms with Crippen LogP contribution < -0.4 is 5.32 Å². The zero-order valence-corrected chi connectivity index (χ0v) is 20.4. The molecule has 1 amide bonds. The molecule has 5 atom stereocenters. The maximum absolute atomic E-state index is 12.0. The highest BCUT2D eigenvalue weighted by Gasteiger charge is 2.44. The maximum Gasteiger partial charge on any atom is 0.244 e. The van der Waals surface area contributed by atoms with E-state index in [4.69, 9.17) is 9.84 Å². The van der Waals surface area contributed by atoms with Crippen molar-refractivity contribution in [1.29, 1.82) is 0 Å². The molecule has 0 spiro atoms. The molecule has 0 aromatic heterocycles. The average Bonchev–Trinajstić information content (AvgIpc) is 2.81. The summed E-state index contributed by atoms with van der Waals surface area (Å²) in [6, 6.07) is -1.17. The number of allylic oxidation sites excluding steroid dienone is 3. The summed E-state index contributed by atoms with van der Waals surface area (Å²) < 4.78 is 5.01. The van der Waals surface area contributed by atoms with Crippen molar-refractivity contribution in [3.8, 4) is 0 Å². The highest BCUT2D eigenvalue weighted by molar-refractivity contribution is 5.88. The summed E-state index contributed by atoms with van der Waals surface area (Å²) in [5.41, 5.74) is 0. The van der Waals surface area contributed by atoms with Crippen molar-refractivity contribution >= 4 is 5.91 Å². The number of hydrogen-bond donors (Lipinski definition) is 5. The van der Waals surface area contributed by atoms with Gasteiger partial charge in [0.05, 0.1) is 6.61 Å². The number of nitrogens with one attached hydrogen (secondary N) is 1. The molecule has 1 saturated heterocycles. The molecule has 0 aliphatic carbocycles. The van der Waals surface area contributed by atoms with Gasteiger partial charge in [0.1, 0.15) is 24.4 Å². The van der Waals surface area contributed by atoms with E-state index in [1.165, 1.54) is 83.1 Å². The van der Waals surface area contributed by atoms with Gasteiger partial charge >= 0.3 is 0 Å². The fourth-order valence-corrected chi connectivity index (χ4v) is 4.06. The molecule has 5 N–H and O–H groups in total. The monoisotopic (exact) mass is 469 g/mol. The van der Waals surface area contributed by atoms with Gasteiger partial charge in [-0.1, -0.05) is 102 Å². The van der Waals surface area contributed by atoms with Crippen molar-refractivity contribution in [1.82, 2.24) is 5.32 Å². The largest absolute Gasteiger partial charge is 0.394 e. The van der Waals surface area contributed by atoms with Gasteiger partial charge in [0.25, 0.3) is 0 Å².